The summed E-state index contributed by atoms with van der Waals surface area (Å²) in [5.41, 5.74) is 1.22. The summed E-state index contributed by atoms with van der Waals surface area (Å²) < 4.78 is 27.2. The van der Waals surface area contributed by atoms with Crippen LogP contribution in [0.5, 0.6) is 0 Å². The van der Waals surface area contributed by atoms with Crippen molar-refractivity contribution in [1.82, 2.24) is 10.0 Å². The minimum atomic E-state index is -3.64. The normalized spacial score (nSPS) is 13.6. The molecule has 0 radical (unpaired) electrons. The first-order valence-corrected chi connectivity index (χ1v) is 10.4. The van der Waals surface area contributed by atoms with Crippen LogP contribution < -0.4 is 20.7 Å². The van der Waals surface area contributed by atoms with Gasteiger partial charge < -0.3 is 16.0 Å². The number of sulfonamides is 1. The standard InChI is InChI=1S/C19H22N4O4S/c1-2-20-19(25)22-16-7-4-6-15(12-16)21-18(24)13-5-3-8-17(11-13)28(26,27)23-14-9-10-14/h3-8,11-12,14,23H,2,9-10H2,1H3,(H,21,24)(H2,20,22,25). The van der Waals surface area contributed by atoms with E-state index in [0.29, 0.717) is 17.9 Å². The molecule has 0 aliphatic heterocycles. The molecule has 0 spiro atoms. The smallest absolute Gasteiger partial charge is 0.319 e. The molecule has 9 heteroatoms. The monoisotopic (exact) mass is 402 g/mol. The summed E-state index contributed by atoms with van der Waals surface area (Å²) in [5, 5.41) is 7.99. The lowest BCUT2D eigenvalue weighted by atomic mass is 10.2. The molecule has 1 aliphatic carbocycles. The highest BCUT2D eigenvalue weighted by Crippen LogP contribution is 2.23. The van der Waals surface area contributed by atoms with E-state index in [9.17, 15) is 18.0 Å². The second-order valence-corrected chi connectivity index (χ2v) is 8.16. The number of urea groups is 1. The topological polar surface area (TPSA) is 116 Å². The number of carbonyl (C=O) groups is 2. The van der Waals surface area contributed by atoms with E-state index in [1.807, 2.05) is 6.92 Å². The van der Waals surface area contributed by atoms with Crippen molar-refractivity contribution in [3.63, 3.8) is 0 Å². The van der Waals surface area contributed by atoms with Gasteiger partial charge in [-0.2, -0.15) is 0 Å². The maximum absolute atomic E-state index is 12.5. The Bertz CT molecular complexity index is 987. The fourth-order valence-corrected chi connectivity index (χ4v) is 3.86. The number of carbonyl (C=O) groups excluding carboxylic acids is 2. The lowest BCUT2D eigenvalue weighted by Crippen LogP contribution is -2.28. The second kappa shape index (κ2) is 8.41. The van der Waals surface area contributed by atoms with Crippen LogP contribution >= 0.6 is 0 Å². The van der Waals surface area contributed by atoms with Gasteiger partial charge in [-0.3, -0.25) is 4.79 Å². The number of hydrogen-bond acceptors (Lipinski definition) is 4. The molecule has 148 valence electrons. The van der Waals surface area contributed by atoms with Crippen LogP contribution in [0.2, 0.25) is 0 Å². The van der Waals surface area contributed by atoms with Gasteiger partial charge in [0, 0.05) is 29.5 Å². The zero-order chi connectivity index (χ0) is 20.1. The molecule has 0 aromatic heterocycles. The highest BCUT2D eigenvalue weighted by Gasteiger charge is 2.28. The van der Waals surface area contributed by atoms with Gasteiger partial charge in [0.1, 0.15) is 0 Å². The van der Waals surface area contributed by atoms with Crippen LogP contribution in [0.15, 0.2) is 53.4 Å². The van der Waals surface area contributed by atoms with E-state index in [4.69, 9.17) is 0 Å². The lowest BCUT2D eigenvalue weighted by Gasteiger charge is -2.10. The molecule has 1 aliphatic rings. The summed E-state index contributed by atoms with van der Waals surface area (Å²) in [4.78, 5) is 24.2. The molecule has 4 N–H and O–H groups in total. The first-order valence-electron chi connectivity index (χ1n) is 8.96. The van der Waals surface area contributed by atoms with Crippen LogP contribution in [0.4, 0.5) is 16.2 Å². The Morgan fingerprint density at radius 2 is 1.68 bits per heavy atom. The number of rotatable bonds is 7. The van der Waals surface area contributed by atoms with Gasteiger partial charge >= 0.3 is 6.03 Å². The summed E-state index contributed by atoms with van der Waals surface area (Å²) in [6, 6.07) is 12.2. The zero-order valence-corrected chi connectivity index (χ0v) is 16.2. The van der Waals surface area contributed by atoms with Crippen molar-refractivity contribution in [2.24, 2.45) is 0 Å². The van der Waals surface area contributed by atoms with Crippen LogP contribution in [-0.4, -0.2) is 32.9 Å². The minimum Gasteiger partial charge on any atom is -0.338 e. The van der Waals surface area contributed by atoms with Gasteiger partial charge in [-0.05, 0) is 56.2 Å². The average molecular weight is 402 g/mol. The molecule has 1 fully saturated rings. The third kappa shape index (κ3) is 5.30. The van der Waals surface area contributed by atoms with Crippen molar-refractivity contribution in [2.45, 2.75) is 30.7 Å². The highest BCUT2D eigenvalue weighted by molar-refractivity contribution is 7.89. The zero-order valence-electron chi connectivity index (χ0n) is 15.4. The molecule has 3 rings (SSSR count). The quantitative estimate of drug-likeness (QED) is 0.569. The van der Waals surface area contributed by atoms with Crippen molar-refractivity contribution < 1.29 is 18.0 Å². The molecule has 1 saturated carbocycles. The van der Waals surface area contributed by atoms with Crippen LogP contribution in [-0.2, 0) is 10.0 Å². The average Bonchev–Trinajstić information content (AvgIpc) is 3.45. The van der Waals surface area contributed by atoms with Gasteiger partial charge in [0.05, 0.1) is 4.90 Å². The van der Waals surface area contributed by atoms with Crippen molar-refractivity contribution in [3.8, 4) is 0 Å². The molecule has 0 saturated heterocycles. The Labute approximate surface area is 163 Å². The fraction of sp³-hybridized carbons (Fsp3) is 0.263. The molecule has 8 nitrogen and oxygen atoms in total. The van der Waals surface area contributed by atoms with E-state index in [2.05, 4.69) is 20.7 Å². The van der Waals surface area contributed by atoms with Gasteiger partial charge in [0.15, 0.2) is 0 Å². The maximum atomic E-state index is 12.5. The van der Waals surface area contributed by atoms with Crippen LogP contribution in [0, 0.1) is 0 Å². The molecule has 2 aromatic carbocycles. The van der Waals surface area contributed by atoms with Crippen molar-refractivity contribution >= 4 is 33.3 Å². The van der Waals surface area contributed by atoms with Crippen LogP contribution in [0.1, 0.15) is 30.1 Å². The Hall–Kier alpha value is -2.91. The van der Waals surface area contributed by atoms with Crippen LogP contribution in [0.3, 0.4) is 0 Å². The lowest BCUT2D eigenvalue weighted by molar-refractivity contribution is 0.102. The number of hydrogen-bond donors (Lipinski definition) is 4. The van der Waals surface area contributed by atoms with E-state index < -0.39 is 15.9 Å². The Balaban J connectivity index is 1.71. The first-order chi connectivity index (χ1) is 13.4. The number of anilines is 2. The molecule has 28 heavy (non-hydrogen) atoms. The van der Waals surface area contributed by atoms with E-state index in [1.165, 1.54) is 18.2 Å². The summed E-state index contributed by atoms with van der Waals surface area (Å²) in [6.45, 7) is 2.31. The minimum absolute atomic E-state index is 0.0115. The Morgan fingerprint density at radius 1 is 1.00 bits per heavy atom. The van der Waals surface area contributed by atoms with E-state index in [-0.39, 0.29) is 22.5 Å². The maximum Gasteiger partial charge on any atom is 0.319 e. The molecule has 0 atom stereocenters. The van der Waals surface area contributed by atoms with Gasteiger partial charge in [0.2, 0.25) is 10.0 Å². The number of benzene rings is 2. The summed E-state index contributed by atoms with van der Waals surface area (Å²) >= 11 is 0. The van der Waals surface area contributed by atoms with E-state index in [1.54, 1.807) is 30.3 Å². The van der Waals surface area contributed by atoms with Gasteiger partial charge in [-0.15, -0.1) is 0 Å². The van der Waals surface area contributed by atoms with Crippen LogP contribution in [0.25, 0.3) is 0 Å². The SMILES string of the molecule is CCNC(=O)Nc1cccc(NC(=O)c2cccc(S(=O)(=O)NC3CC3)c2)c1. The van der Waals surface area contributed by atoms with Gasteiger partial charge in [0.25, 0.3) is 5.91 Å². The third-order valence-electron chi connectivity index (χ3n) is 4.02. The van der Waals surface area contributed by atoms with Crippen molar-refractivity contribution in [2.75, 3.05) is 17.2 Å². The second-order valence-electron chi connectivity index (χ2n) is 6.44. The van der Waals surface area contributed by atoms with Crippen molar-refractivity contribution in [3.05, 3.63) is 54.1 Å². The molecular formula is C19H22N4O4S. The third-order valence-corrected chi connectivity index (χ3v) is 5.54. The summed E-state index contributed by atoms with van der Waals surface area (Å²) in [5.74, 6) is -0.446. The van der Waals surface area contributed by atoms with E-state index >= 15 is 0 Å². The number of amides is 3. The predicted molar refractivity (Wildman–Crippen MR) is 107 cm³/mol. The number of nitrogens with one attached hydrogen (secondary N) is 4. The molecule has 2 aromatic rings. The van der Waals surface area contributed by atoms with E-state index in [0.717, 1.165) is 12.8 Å². The van der Waals surface area contributed by atoms with Gasteiger partial charge in [-0.1, -0.05) is 12.1 Å². The fourth-order valence-electron chi connectivity index (χ4n) is 2.51. The van der Waals surface area contributed by atoms with Crippen molar-refractivity contribution in [1.29, 1.82) is 0 Å². The van der Waals surface area contributed by atoms with Gasteiger partial charge in [-0.25, -0.2) is 17.9 Å². The summed E-state index contributed by atoms with van der Waals surface area (Å²) in [7, 11) is -3.64. The molecule has 3 amide bonds. The Morgan fingerprint density at radius 3 is 2.36 bits per heavy atom. The molecule has 0 unspecified atom stereocenters. The predicted octanol–water partition coefficient (Wildman–Crippen LogP) is 2.52. The highest BCUT2D eigenvalue weighted by atomic mass is 32.2. The largest absolute Gasteiger partial charge is 0.338 e. The molecule has 0 heterocycles. The summed E-state index contributed by atoms with van der Waals surface area (Å²) in [6.07, 6.45) is 1.67. The first kappa shape index (κ1) is 19.8. The molecular weight excluding hydrogens is 380 g/mol. The molecule has 0 bridgehead atoms. The Kier molecular flexibility index (Phi) is 5.96.